The van der Waals surface area contributed by atoms with Gasteiger partial charge in [0, 0.05) is 6.54 Å². The van der Waals surface area contributed by atoms with Gasteiger partial charge in [-0.25, -0.2) is 4.79 Å². The lowest BCUT2D eigenvalue weighted by molar-refractivity contribution is -0.150. The molecule has 1 rings (SSSR count). The van der Waals surface area contributed by atoms with Crippen molar-refractivity contribution in [3.8, 4) is 0 Å². The lowest BCUT2D eigenvalue weighted by Crippen LogP contribution is -2.45. The van der Waals surface area contributed by atoms with Crippen molar-refractivity contribution in [3.05, 3.63) is 0 Å². The number of carbonyl (C=O) groups excluding carboxylic acids is 1. The second kappa shape index (κ2) is 7.84. The van der Waals surface area contributed by atoms with Crippen molar-refractivity contribution in [3.63, 3.8) is 0 Å². The van der Waals surface area contributed by atoms with Crippen molar-refractivity contribution in [1.82, 2.24) is 5.32 Å². The summed E-state index contributed by atoms with van der Waals surface area (Å²) in [6, 6.07) is 0. The van der Waals surface area contributed by atoms with E-state index in [1.807, 2.05) is 6.92 Å². The quantitative estimate of drug-likeness (QED) is 0.778. The van der Waals surface area contributed by atoms with Crippen LogP contribution < -0.4 is 5.32 Å². The molecule has 0 bridgehead atoms. The summed E-state index contributed by atoms with van der Waals surface area (Å²) in [4.78, 5) is 23.6. The summed E-state index contributed by atoms with van der Waals surface area (Å²) in [5, 5.41) is 12.4. The van der Waals surface area contributed by atoms with E-state index in [-0.39, 0.29) is 6.54 Å². The number of ether oxygens (including phenoxy) is 1. The summed E-state index contributed by atoms with van der Waals surface area (Å²) in [5.41, 5.74) is -1.47. The zero-order valence-electron chi connectivity index (χ0n) is 14.4. The molecule has 2 N–H and O–H groups in total. The smallest absolute Gasteiger partial charge is 0.407 e. The molecular weight excluding hydrogens is 282 g/mol. The zero-order valence-corrected chi connectivity index (χ0v) is 14.4. The van der Waals surface area contributed by atoms with Crippen LogP contribution in [0.4, 0.5) is 4.79 Å². The number of rotatable bonds is 6. The first-order chi connectivity index (χ1) is 10.2. The minimum Gasteiger partial charge on any atom is -0.481 e. The van der Waals surface area contributed by atoms with Crippen molar-refractivity contribution in [2.24, 2.45) is 11.3 Å². The van der Waals surface area contributed by atoms with Gasteiger partial charge >= 0.3 is 12.1 Å². The fourth-order valence-electron chi connectivity index (χ4n) is 3.16. The third-order valence-electron chi connectivity index (χ3n) is 4.50. The van der Waals surface area contributed by atoms with E-state index in [1.54, 1.807) is 20.8 Å². The average Bonchev–Trinajstić information content (AvgIpc) is 2.42. The second-order valence-electron chi connectivity index (χ2n) is 7.50. The fraction of sp³-hybridized carbons (Fsp3) is 0.882. The van der Waals surface area contributed by atoms with Crippen LogP contribution in [0.5, 0.6) is 0 Å². The normalized spacial score (nSPS) is 19.3. The minimum atomic E-state index is -0.890. The molecule has 1 aliphatic carbocycles. The van der Waals surface area contributed by atoms with E-state index in [0.29, 0.717) is 18.8 Å². The van der Waals surface area contributed by atoms with Crippen LogP contribution in [0.3, 0.4) is 0 Å². The molecule has 5 nitrogen and oxygen atoms in total. The largest absolute Gasteiger partial charge is 0.481 e. The Morgan fingerprint density at radius 3 is 2.23 bits per heavy atom. The summed E-state index contributed by atoms with van der Waals surface area (Å²) >= 11 is 0. The predicted molar refractivity (Wildman–Crippen MR) is 85.8 cm³/mol. The summed E-state index contributed by atoms with van der Waals surface area (Å²) in [7, 11) is 0. The Hall–Kier alpha value is -1.26. The number of nitrogens with one attached hydrogen (secondary N) is 1. The standard InChI is InChI=1S/C17H31NO4/c1-5-17(14(19)20,11-13-9-7-6-8-10-13)12-18-15(21)22-16(2,3)4/h13H,5-12H2,1-4H3,(H,18,21)(H,19,20). The van der Waals surface area contributed by atoms with Gasteiger partial charge in [-0.2, -0.15) is 0 Å². The number of carboxylic acids is 1. The molecule has 1 unspecified atom stereocenters. The third-order valence-corrected chi connectivity index (χ3v) is 4.50. The highest BCUT2D eigenvalue weighted by Crippen LogP contribution is 2.37. The summed E-state index contributed by atoms with van der Waals surface area (Å²) in [5.74, 6) is -0.373. The van der Waals surface area contributed by atoms with Crippen molar-refractivity contribution < 1.29 is 19.4 Å². The highest BCUT2D eigenvalue weighted by Gasteiger charge is 2.39. The van der Waals surface area contributed by atoms with E-state index in [0.717, 1.165) is 12.8 Å². The van der Waals surface area contributed by atoms with E-state index in [2.05, 4.69) is 5.32 Å². The molecule has 0 aromatic carbocycles. The van der Waals surface area contributed by atoms with Gasteiger partial charge in [0.25, 0.3) is 0 Å². The van der Waals surface area contributed by atoms with Gasteiger partial charge in [0.05, 0.1) is 5.41 Å². The van der Waals surface area contributed by atoms with Gasteiger partial charge in [0.2, 0.25) is 0 Å². The summed E-state index contributed by atoms with van der Waals surface area (Å²) in [6.45, 7) is 7.38. The van der Waals surface area contributed by atoms with Gasteiger partial charge in [0.15, 0.2) is 0 Å². The number of carbonyl (C=O) groups is 2. The zero-order chi connectivity index (χ0) is 16.8. The van der Waals surface area contributed by atoms with Crippen LogP contribution in [0, 0.1) is 11.3 Å². The van der Waals surface area contributed by atoms with Crippen LogP contribution in [0.2, 0.25) is 0 Å². The first kappa shape index (κ1) is 18.8. The van der Waals surface area contributed by atoms with Gasteiger partial charge in [0.1, 0.15) is 5.60 Å². The number of hydrogen-bond acceptors (Lipinski definition) is 3. The fourth-order valence-corrected chi connectivity index (χ4v) is 3.16. The molecule has 0 spiro atoms. The molecule has 1 aliphatic rings. The number of amides is 1. The molecule has 128 valence electrons. The van der Waals surface area contributed by atoms with Gasteiger partial charge in [-0.3, -0.25) is 4.79 Å². The van der Waals surface area contributed by atoms with Gasteiger partial charge < -0.3 is 15.2 Å². The SMILES string of the molecule is CCC(CNC(=O)OC(C)(C)C)(CC1CCCCC1)C(=O)O. The molecule has 22 heavy (non-hydrogen) atoms. The van der Waals surface area contributed by atoms with Gasteiger partial charge in [-0.1, -0.05) is 39.0 Å². The van der Waals surface area contributed by atoms with Crippen molar-refractivity contribution >= 4 is 12.1 Å². The maximum absolute atomic E-state index is 11.8. The van der Waals surface area contributed by atoms with E-state index in [1.165, 1.54) is 19.3 Å². The Morgan fingerprint density at radius 2 is 1.77 bits per heavy atom. The molecule has 0 saturated heterocycles. The third kappa shape index (κ3) is 5.85. The Balaban J connectivity index is 2.66. The molecule has 1 fully saturated rings. The highest BCUT2D eigenvalue weighted by atomic mass is 16.6. The van der Waals surface area contributed by atoms with Crippen LogP contribution in [0.25, 0.3) is 0 Å². The van der Waals surface area contributed by atoms with Gasteiger partial charge in [-0.05, 0) is 39.5 Å². The molecule has 5 heteroatoms. The van der Waals surface area contributed by atoms with E-state index < -0.39 is 23.1 Å². The number of alkyl carbamates (subject to hydrolysis) is 1. The molecule has 1 amide bonds. The molecule has 0 aromatic rings. The maximum atomic E-state index is 11.8. The minimum absolute atomic E-state index is 0.129. The lowest BCUT2D eigenvalue weighted by Gasteiger charge is -2.34. The Morgan fingerprint density at radius 1 is 1.18 bits per heavy atom. The Bertz CT molecular complexity index is 383. The predicted octanol–water partition coefficient (Wildman–Crippen LogP) is 3.96. The molecule has 0 radical (unpaired) electrons. The van der Waals surface area contributed by atoms with Crippen molar-refractivity contribution in [2.75, 3.05) is 6.54 Å². The van der Waals surface area contributed by atoms with Gasteiger partial charge in [-0.15, -0.1) is 0 Å². The monoisotopic (exact) mass is 313 g/mol. The molecule has 1 atom stereocenters. The van der Waals surface area contributed by atoms with E-state index >= 15 is 0 Å². The number of carboxylic acid groups (broad SMARTS) is 1. The van der Waals surface area contributed by atoms with Crippen LogP contribution >= 0.6 is 0 Å². The molecule has 0 heterocycles. The molecular formula is C17H31NO4. The van der Waals surface area contributed by atoms with E-state index in [9.17, 15) is 14.7 Å². The van der Waals surface area contributed by atoms with Crippen LogP contribution in [0.15, 0.2) is 0 Å². The van der Waals surface area contributed by atoms with Crippen molar-refractivity contribution in [1.29, 1.82) is 0 Å². The molecule has 1 saturated carbocycles. The maximum Gasteiger partial charge on any atom is 0.407 e. The lowest BCUT2D eigenvalue weighted by atomic mass is 9.73. The van der Waals surface area contributed by atoms with Crippen molar-refractivity contribution in [2.45, 2.75) is 78.2 Å². The Labute approximate surface area is 133 Å². The number of hydrogen-bond donors (Lipinski definition) is 2. The average molecular weight is 313 g/mol. The Kier molecular flexibility index (Phi) is 6.69. The van der Waals surface area contributed by atoms with Crippen LogP contribution in [0.1, 0.15) is 72.6 Å². The number of aliphatic carboxylic acids is 1. The molecule has 0 aromatic heterocycles. The highest BCUT2D eigenvalue weighted by molar-refractivity contribution is 5.76. The first-order valence-electron chi connectivity index (χ1n) is 8.39. The summed E-state index contributed by atoms with van der Waals surface area (Å²) < 4.78 is 5.20. The second-order valence-corrected chi connectivity index (χ2v) is 7.50. The molecule has 0 aliphatic heterocycles. The van der Waals surface area contributed by atoms with Crippen LogP contribution in [-0.4, -0.2) is 29.3 Å². The first-order valence-corrected chi connectivity index (χ1v) is 8.39. The van der Waals surface area contributed by atoms with E-state index in [4.69, 9.17) is 4.74 Å². The summed E-state index contributed by atoms with van der Waals surface area (Å²) in [6.07, 6.45) is 6.41. The topological polar surface area (TPSA) is 75.6 Å². The van der Waals surface area contributed by atoms with Crippen LogP contribution in [-0.2, 0) is 9.53 Å².